The van der Waals surface area contributed by atoms with Crippen LogP contribution in [-0.2, 0) is 9.59 Å². The third kappa shape index (κ3) is 11.4. The van der Waals surface area contributed by atoms with E-state index < -0.39 is 11.2 Å². The fourth-order valence-electron chi connectivity index (χ4n) is 6.83. The molecule has 0 aromatic rings. The first-order valence-electron chi connectivity index (χ1n) is 15.8. The average molecular weight is 601 g/mol. The molecular weight excluding hydrogens is 544 g/mol. The van der Waals surface area contributed by atoms with Crippen molar-refractivity contribution in [3.05, 3.63) is 107 Å². The maximum atomic E-state index is 12.0. The molecule has 2 N–H and O–H groups in total. The number of aliphatic hydroxyl groups is 2. The zero-order valence-corrected chi connectivity index (χ0v) is 28.8. The molecule has 2 aliphatic rings. The normalized spacial score (nSPS) is 31.1. The van der Waals surface area contributed by atoms with Crippen LogP contribution in [0.15, 0.2) is 107 Å². The summed E-state index contributed by atoms with van der Waals surface area (Å²) in [4.78, 5) is 24.1. The summed E-state index contributed by atoms with van der Waals surface area (Å²) in [5, 5.41) is 21.7. The van der Waals surface area contributed by atoms with Crippen molar-refractivity contribution in [1.29, 1.82) is 0 Å². The molecule has 0 heterocycles. The Morgan fingerprint density at radius 1 is 0.523 bits per heavy atom. The number of Topliss-reactive ketones (excluding diaryl/α,β-unsaturated/α-hetero) is 2. The van der Waals surface area contributed by atoms with E-state index in [4.69, 9.17) is 0 Å². The highest BCUT2D eigenvalue weighted by atomic mass is 16.3. The first-order valence-corrected chi connectivity index (χ1v) is 15.8. The summed E-state index contributed by atoms with van der Waals surface area (Å²) < 4.78 is 0. The second-order valence-electron chi connectivity index (χ2n) is 14.9. The van der Waals surface area contributed by atoms with Gasteiger partial charge in [0.15, 0.2) is 0 Å². The topological polar surface area (TPSA) is 74.6 Å². The molecule has 0 spiro atoms. The summed E-state index contributed by atoms with van der Waals surface area (Å²) in [6.07, 6.45) is 30.0. The lowest BCUT2D eigenvalue weighted by Gasteiger charge is -2.45. The van der Waals surface area contributed by atoms with Gasteiger partial charge in [-0.05, 0) is 52.4 Å². The van der Waals surface area contributed by atoms with E-state index in [9.17, 15) is 19.8 Å². The Morgan fingerprint density at radius 2 is 0.818 bits per heavy atom. The SMILES string of the molecule is CC(C=CC1C(C)(C)CC(=O)CC1(C)O)=CC=CC(C)=C/C=C/C=C(C)/C=C/C=C(C)/C=C/C1C(C)(C)CC(=O)CC1(C)O. The van der Waals surface area contributed by atoms with Crippen LogP contribution in [0.2, 0.25) is 0 Å². The van der Waals surface area contributed by atoms with Gasteiger partial charge in [-0.2, -0.15) is 0 Å². The molecule has 0 bridgehead atoms. The molecular formula is C40H56O4. The Labute approximate surface area is 267 Å². The maximum absolute atomic E-state index is 12.0. The van der Waals surface area contributed by atoms with Crippen molar-refractivity contribution in [2.45, 2.75) is 106 Å². The van der Waals surface area contributed by atoms with E-state index in [1.54, 1.807) is 13.8 Å². The van der Waals surface area contributed by atoms with Crippen molar-refractivity contribution in [2.75, 3.05) is 0 Å². The van der Waals surface area contributed by atoms with Crippen molar-refractivity contribution in [3.63, 3.8) is 0 Å². The summed E-state index contributed by atoms with van der Waals surface area (Å²) in [6.45, 7) is 19.9. The quantitative estimate of drug-likeness (QED) is 0.245. The number of hydrogen-bond acceptors (Lipinski definition) is 4. The van der Waals surface area contributed by atoms with E-state index in [1.807, 2.05) is 62.5 Å². The summed E-state index contributed by atoms with van der Waals surface area (Å²) in [6, 6.07) is 0. The van der Waals surface area contributed by atoms with E-state index in [0.29, 0.717) is 12.8 Å². The van der Waals surface area contributed by atoms with Crippen LogP contribution in [0.4, 0.5) is 0 Å². The largest absolute Gasteiger partial charge is 0.389 e. The molecule has 2 rings (SSSR count). The molecule has 2 aliphatic carbocycles. The van der Waals surface area contributed by atoms with Crippen molar-refractivity contribution in [3.8, 4) is 0 Å². The van der Waals surface area contributed by atoms with Crippen molar-refractivity contribution < 1.29 is 19.8 Å². The first-order chi connectivity index (χ1) is 20.2. The van der Waals surface area contributed by atoms with E-state index in [1.165, 1.54) is 0 Å². The Bertz CT molecular complexity index is 1190. The molecule has 0 saturated heterocycles. The standard InChI is InChI=1S/C40H56O4/c1-29(17-13-19-31(3)21-23-35-37(5,6)25-33(41)27-39(35,9)43)15-11-12-16-30(2)18-14-20-32(4)22-24-36-38(7,8)26-34(42)28-40(36,10)44/h11-24,35-36,43-44H,25-28H2,1-10H3/b12-11+,17-13+,18-14?,23-21+,24-22?,29-15+,30-16?,31-19+,32-20?. The van der Waals surface area contributed by atoms with Gasteiger partial charge in [-0.1, -0.05) is 135 Å². The smallest absolute Gasteiger partial charge is 0.136 e. The molecule has 2 fully saturated rings. The van der Waals surface area contributed by atoms with Gasteiger partial charge in [0.1, 0.15) is 11.6 Å². The maximum Gasteiger partial charge on any atom is 0.136 e. The van der Waals surface area contributed by atoms with Crippen molar-refractivity contribution in [2.24, 2.45) is 22.7 Å². The van der Waals surface area contributed by atoms with Crippen LogP contribution in [0.1, 0.15) is 94.9 Å². The van der Waals surface area contributed by atoms with Crippen LogP contribution >= 0.6 is 0 Å². The molecule has 4 atom stereocenters. The van der Waals surface area contributed by atoms with E-state index >= 15 is 0 Å². The van der Waals surface area contributed by atoms with Gasteiger partial charge >= 0.3 is 0 Å². The summed E-state index contributed by atoms with van der Waals surface area (Å²) in [7, 11) is 0. The predicted octanol–water partition coefficient (Wildman–Crippen LogP) is 9.07. The van der Waals surface area contributed by atoms with E-state index in [-0.39, 0.29) is 47.1 Å². The molecule has 240 valence electrons. The van der Waals surface area contributed by atoms with Crippen molar-refractivity contribution in [1.82, 2.24) is 0 Å². The van der Waals surface area contributed by atoms with Gasteiger partial charge < -0.3 is 10.2 Å². The number of rotatable bonds is 10. The monoisotopic (exact) mass is 600 g/mol. The minimum Gasteiger partial charge on any atom is -0.389 e. The number of ketones is 2. The van der Waals surface area contributed by atoms with Crippen LogP contribution in [0, 0.1) is 22.7 Å². The minimum absolute atomic E-state index is 0.0818. The Kier molecular flexibility index (Phi) is 12.9. The number of hydrogen-bond donors (Lipinski definition) is 2. The second kappa shape index (κ2) is 15.3. The number of carbonyl (C=O) groups excluding carboxylic acids is 2. The van der Waals surface area contributed by atoms with Crippen LogP contribution in [-0.4, -0.2) is 33.0 Å². The van der Waals surface area contributed by atoms with Gasteiger partial charge in [0, 0.05) is 37.5 Å². The Balaban J connectivity index is 1.92. The predicted molar refractivity (Wildman–Crippen MR) is 185 cm³/mol. The average Bonchev–Trinajstić information content (AvgIpc) is 2.83. The highest BCUT2D eigenvalue weighted by molar-refractivity contribution is 5.82. The van der Waals surface area contributed by atoms with Gasteiger partial charge in [0.2, 0.25) is 0 Å². The lowest BCUT2D eigenvalue weighted by atomic mass is 9.61. The molecule has 0 aromatic heterocycles. The van der Waals surface area contributed by atoms with Gasteiger partial charge in [0.05, 0.1) is 11.2 Å². The molecule has 0 aromatic carbocycles. The third-order valence-electron chi connectivity index (χ3n) is 8.81. The molecule has 4 heteroatoms. The fourth-order valence-corrected chi connectivity index (χ4v) is 6.83. The van der Waals surface area contributed by atoms with Gasteiger partial charge in [-0.15, -0.1) is 0 Å². The lowest BCUT2D eigenvalue weighted by molar-refractivity contribution is -0.140. The Hall–Kier alpha value is -3.08. The summed E-state index contributed by atoms with van der Waals surface area (Å²) in [5.74, 6) is 0.0900. The second-order valence-corrected chi connectivity index (χ2v) is 14.9. The van der Waals surface area contributed by atoms with Gasteiger partial charge in [-0.3, -0.25) is 9.59 Å². The first kappa shape index (κ1) is 37.1. The van der Waals surface area contributed by atoms with Gasteiger partial charge in [-0.25, -0.2) is 0 Å². The zero-order chi connectivity index (χ0) is 33.3. The fraction of sp³-hybridized carbons (Fsp3) is 0.500. The molecule has 44 heavy (non-hydrogen) atoms. The highest BCUT2D eigenvalue weighted by Gasteiger charge is 2.48. The van der Waals surface area contributed by atoms with Crippen LogP contribution in [0.3, 0.4) is 0 Å². The zero-order valence-electron chi connectivity index (χ0n) is 28.8. The number of carbonyl (C=O) groups is 2. The molecule has 4 unspecified atom stereocenters. The van der Waals surface area contributed by atoms with Crippen LogP contribution in [0.25, 0.3) is 0 Å². The number of allylic oxidation sites excluding steroid dienone is 16. The van der Waals surface area contributed by atoms with Crippen LogP contribution < -0.4 is 0 Å². The molecule has 4 nitrogen and oxygen atoms in total. The third-order valence-corrected chi connectivity index (χ3v) is 8.81. The summed E-state index contributed by atoms with van der Waals surface area (Å²) in [5.41, 5.74) is 1.83. The van der Waals surface area contributed by atoms with Gasteiger partial charge in [0.25, 0.3) is 0 Å². The lowest BCUT2D eigenvalue weighted by Crippen LogP contribution is -2.49. The minimum atomic E-state index is -1.02. The van der Waals surface area contributed by atoms with E-state index in [2.05, 4.69) is 78.0 Å². The highest BCUT2D eigenvalue weighted by Crippen LogP contribution is 2.46. The van der Waals surface area contributed by atoms with Crippen molar-refractivity contribution >= 4 is 11.6 Å². The van der Waals surface area contributed by atoms with Crippen LogP contribution in [0.5, 0.6) is 0 Å². The Morgan fingerprint density at radius 3 is 1.14 bits per heavy atom. The molecule has 0 aliphatic heterocycles. The summed E-state index contributed by atoms with van der Waals surface area (Å²) >= 11 is 0. The molecule has 0 amide bonds. The molecule has 0 radical (unpaired) electrons. The molecule has 2 saturated carbocycles. The van der Waals surface area contributed by atoms with E-state index in [0.717, 1.165) is 22.3 Å².